The Morgan fingerprint density at radius 3 is 2.71 bits per heavy atom. The summed E-state index contributed by atoms with van der Waals surface area (Å²) in [6, 6.07) is 3.45. The Hall–Kier alpha value is -1.95. The topological polar surface area (TPSA) is 79.5 Å². The predicted molar refractivity (Wildman–Crippen MR) is 91.2 cm³/mol. The lowest BCUT2D eigenvalue weighted by atomic mass is 9.90. The fourth-order valence-electron chi connectivity index (χ4n) is 3.68. The van der Waals surface area contributed by atoms with Crippen molar-refractivity contribution in [3.63, 3.8) is 0 Å². The highest BCUT2D eigenvalue weighted by Gasteiger charge is 2.38. The molecule has 6 nitrogen and oxygen atoms in total. The highest BCUT2D eigenvalue weighted by molar-refractivity contribution is 5.94. The molecule has 0 radical (unpaired) electrons. The molecule has 0 aromatic carbocycles. The molecule has 0 saturated carbocycles. The van der Waals surface area contributed by atoms with Crippen molar-refractivity contribution in [3.05, 3.63) is 30.1 Å². The third-order valence-corrected chi connectivity index (χ3v) is 5.35. The van der Waals surface area contributed by atoms with E-state index in [0.29, 0.717) is 25.2 Å². The van der Waals surface area contributed by atoms with Crippen LogP contribution in [0, 0.1) is 11.3 Å². The molecule has 130 valence electrons. The van der Waals surface area contributed by atoms with Crippen molar-refractivity contribution in [3.8, 4) is 0 Å². The molecule has 6 heteroatoms. The molecule has 24 heavy (non-hydrogen) atoms. The first-order valence-electron chi connectivity index (χ1n) is 8.70. The molecule has 0 bridgehead atoms. The molecular formula is C18H26N4O2. The number of amides is 2. The maximum absolute atomic E-state index is 12.8. The first-order chi connectivity index (χ1) is 11.5. The van der Waals surface area contributed by atoms with Gasteiger partial charge in [0.05, 0.1) is 5.92 Å². The number of nitrogens with zero attached hydrogens (tertiary/aromatic N) is 3. The van der Waals surface area contributed by atoms with Gasteiger partial charge in [0.25, 0.3) is 5.91 Å². The zero-order valence-electron chi connectivity index (χ0n) is 14.3. The lowest BCUT2D eigenvalue weighted by Crippen LogP contribution is -2.46. The van der Waals surface area contributed by atoms with Crippen LogP contribution < -0.4 is 5.73 Å². The zero-order chi connectivity index (χ0) is 17.2. The molecule has 1 aromatic rings. The van der Waals surface area contributed by atoms with Gasteiger partial charge in [0.1, 0.15) is 0 Å². The number of hydrogen-bond acceptors (Lipinski definition) is 4. The Morgan fingerprint density at radius 1 is 1.29 bits per heavy atom. The van der Waals surface area contributed by atoms with Crippen molar-refractivity contribution in [2.45, 2.75) is 26.2 Å². The van der Waals surface area contributed by atoms with Gasteiger partial charge < -0.3 is 15.5 Å². The molecule has 2 N–H and O–H groups in total. The Kier molecular flexibility index (Phi) is 4.85. The molecule has 2 aliphatic rings. The number of aromatic nitrogens is 1. The summed E-state index contributed by atoms with van der Waals surface area (Å²) >= 11 is 0. The third kappa shape index (κ3) is 3.43. The Labute approximate surface area is 143 Å². The van der Waals surface area contributed by atoms with Crippen LogP contribution in [0.2, 0.25) is 0 Å². The monoisotopic (exact) mass is 330 g/mol. The van der Waals surface area contributed by atoms with Crippen molar-refractivity contribution in [2.24, 2.45) is 17.1 Å². The van der Waals surface area contributed by atoms with E-state index < -0.39 is 0 Å². The van der Waals surface area contributed by atoms with E-state index in [1.165, 1.54) is 0 Å². The van der Waals surface area contributed by atoms with Crippen LogP contribution in [0.4, 0.5) is 0 Å². The standard InChI is InChI=1S/C18H26N4O2/c1-18(12-19)6-10-22(13-18)17(24)15-3-2-9-21(11-15)16(23)14-4-7-20-8-5-14/h4-5,7-8,15H,2-3,6,9-13,19H2,1H3. The van der Waals surface area contributed by atoms with Crippen LogP contribution in [0.3, 0.4) is 0 Å². The SMILES string of the molecule is CC1(CN)CCN(C(=O)C2CCCN(C(=O)c3ccncc3)C2)C1. The van der Waals surface area contributed by atoms with Crippen LogP contribution >= 0.6 is 0 Å². The first-order valence-corrected chi connectivity index (χ1v) is 8.70. The van der Waals surface area contributed by atoms with Gasteiger partial charge >= 0.3 is 0 Å². The molecule has 2 fully saturated rings. The quantitative estimate of drug-likeness (QED) is 0.901. The lowest BCUT2D eigenvalue weighted by molar-refractivity contribution is -0.136. The summed E-state index contributed by atoms with van der Waals surface area (Å²) in [4.78, 5) is 33.1. The van der Waals surface area contributed by atoms with Crippen molar-refractivity contribution in [2.75, 3.05) is 32.7 Å². The minimum Gasteiger partial charge on any atom is -0.342 e. The normalized spacial score (nSPS) is 27.3. The van der Waals surface area contributed by atoms with E-state index in [9.17, 15) is 9.59 Å². The average Bonchev–Trinajstić information content (AvgIpc) is 3.04. The molecule has 3 heterocycles. The molecule has 0 spiro atoms. The summed E-state index contributed by atoms with van der Waals surface area (Å²) in [7, 11) is 0. The third-order valence-electron chi connectivity index (χ3n) is 5.35. The maximum atomic E-state index is 12.8. The maximum Gasteiger partial charge on any atom is 0.253 e. The smallest absolute Gasteiger partial charge is 0.253 e. The van der Waals surface area contributed by atoms with Gasteiger partial charge in [0, 0.05) is 44.1 Å². The van der Waals surface area contributed by atoms with E-state index in [-0.39, 0.29) is 23.1 Å². The number of piperidine rings is 1. The Bertz CT molecular complexity index is 606. The highest BCUT2D eigenvalue weighted by Crippen LogP contribution is 2.31. The summed E-state index contributed by atoms with van der Waals surface area (Å²) in [5, 5.41) is 0. The number of carbonyl (C=O) groups excluding carboxylic acids is 2. The second-order valence-electron chi connectivity index (χ2n) is 7.35. The van der Waals surface area contributed by atoms with Crippen LogP contribution in [0.5, 0.6) is 0 Å². The van der Waals surface area contributed by atoms with Gasteiger partial charge in [0.2, 0.25) is 5.91 Å². The van der Waals surface area contributed by atoms with Crippen molar-refractivity contribution in [1.29, 1.82) is 0 Å². The molecule has 0 aliphatic carbocycles. The van der Waals surface area contributed by atoms with Crippen molar-refractivity contribution < 1.29 is 9.59 Å². The summed E-state index contributed by atoms with van der Waals surface area (Å²) in [6.45, 7) is 5.48. The number of carbonyl (C=O) groups is 2. The Morgan fingerprint density at radius 2 is 2.04 bits per heavy atom. The predicted octanol–water partition coefficient (Wildman–Crippen LogP) is 1.13. The number of pyridine rings is 1. The van der Waals surface area contributed by atoms with E-state index in [4.69, 9.17) is 5.73 Å². The molecule has 1 aromatic heterocycles. The molecule has 3 rings (SSSR count). The van der Waals surface area contributed by atoms with E-state index >= 15 is 0 Å². The van der Waals surface area contributed by atoms with Crippen molar-refractivity contribution in [1.82, 2.24) is 14.8 Å². The number of hydrogen-bond donors (Lipinski definition) is 1. The van der Waals surface area contributed by atoms with Crippen molar-refractivity contribution >= 4 is 11.8 Å². The molecule has 2 saturated heterocycles. The number of nitrogens with two attached hydrogens (primary N) is 1. The van der Waals surface area contributed by atoms with Gasteiger partial charge in [-0.25, -0.2) is 0 Å². The lowest BCUT2D eigenvalue weighted by Gasteiger charge is -2.34. The van der Waals surface area contributed by atoms with Crippen LogP contribution in [-0.4, -0.2) is 59.3 Å². The van der Waals surface area contributed by atoms with Crippen LogP contribution in [0.25, 0.3) is 0 Å². The average molecular weight is 330 g/mol. The molecule has 2 unspecified atom stereocenters. The van der Waals surface area contributed by atoms with Gasteiger partial charge in [-0.2, -0.15) is 0 Å². The summed E-state index contributed by atoms with van der Waals surface area (Å²) in [5.74, 6) is 0.0761. The largest absolute Gasteiger partial charge is 0.342 e. The second-order valence-corrected chi connectivity index (χ2v) is 7.35. The first kappa shape index (κ1) is 16.9. The minimum absolute atomic E-state index is 0.0110. The van der Waals surface area contributed by atoms with E-state index in [2.05, 4.69) is 11.9 Å². The summed E-state index contributed by atoms with van der Waals surface area (Å²) in [6.07, 6.45) is 5.93. The van der Waals surface area contributed by atoms with Crippen LogP contribution in [0.15, 0.2) is 24.5 Å². The molecule has 2 aliphatic heterocycles. The minimum atomic E-state index is -0.0929. The second kappa shape index (κ2) is 6.89. The molecular weight excluding hydrogens is 304 g/mol. The van der Waals surface area contributed by atoms with E-state index in [1.807, 2.05) is 4.90 Å². The number of likely N-dealkylation sites (tertiary alicyclic amines) is 2. The Balaban J connectivity index is 1.63. The zero-order valence-corrected chi connectivity index (χ0v) is 14.3. The van der Waals surface area contributed by atoms with Gasteiger partial charge in [-0.05, 0) is 43.4 Å². The van der Waals surface area contributed by atoms with Crippen LogP contribution in [0.1, 0.15) is 36.5 Å². The fraction of sp³-hybridized carbons (Fsp3) is 0.611. The highest BCUT2D eigenvalue weighted by atomic mass is 16.2. The van der Waals surface area contributed by atoms with Gasteiger partial charge in [-0.3, -0.25) is 14.6 Å². The number of rotatable bonds is 3. The summed E-state index contributed by atoms with van der Waals surface area (Å²) in [5.41, 5.74) is 6.51. The van der Waals surface area contributed by atoms with Gasteiger partial charge in [-0.1, -0.05) is 6.92 Å². The van der Waals surface area contributed by atoms with Gasteiger partial charge in [-0.15, -0.1) is 0 Å². The van der Waals surface area contributed by atoms with E-state index in [1.54, 1.807) is 29.4 Å². The van der Waals surface area contributed by atoms with E-state index in [0.717, 1.165) is 32.4 Å². The summed E-state index contributed by atoms with van der Waals surface area (Å²) < 4.78 is 0. The fourth-order valence-corrected chi connectivity index (χ4v) is 3.68. The van der Waals surface area contributed by atoms with Gasteiger partial charge in [0.15, 0.2) is 0 Å². The molecule has 2 amide bonds. The molecule has 2 atom stereocenters. The van der Waals surface area contributed by atoms with Crippen LogP contribution in [-0.2, 0) is 4.79 Å².